The van der Waals surface area contributed by atoms with E-state index in [0.29, 0.717) is 6.92 Å². The molecule has 1 atom stereocenters. The second-order valence-corrected chi connectivity index (χ2v) is 4.14. The van der Waals surface area contributed by atoms with Gasteiger partial charge in [-0.15, -0.1) is 0 Å². The maximum atomic E-state index is 12.6. The number of benzene rings is 1. The van der Waals surface area contributed by atoms with Crippen molar-refractivity contribution in [2.75, 3.05) is 11.4 Å². The van der Waals surface area contributed by atoms with Gasteiger partial charge in [-0.05, 0) is 31.5 Å². The maximum Gasteiger partial charge on any atom is 0.421 e. The number of hydrogen-bond acceptors (Lipinski definition) is 2. The zero-order chi connectivity index (χ0) is 14.8. The Labute approximate surface area is 108 Å². The number of carbonyl (C=O) groups is 1. The average molecular weight is 277 g/mol. The van der Waals surface area contributed by atoms with Gasteiger partial charge in [-0.1, -0.05) is 12.1 Å². The molecule has 1 amide bonds. The number of amides is 1. The van der Waals surface area contributed by atoms with Crippen LogP contribution in [0.15, 0.2) is 24.3 Å². The Bertz CT molecular complexity index is 454. The van der Waals surface area contributed by atoms with Crippen LogP contribution in [0.25, 0.3) is 0 Å². The number of carboxylic acid groups (broad SMARTS) is 1. The summed E-state index contributed by atoms with van der Waals surface area (Å²) in [6, 6.07) is 4.59. The van der Waals surface area contributed by atoms with Gasteiger partial charge < -0.3 is 10.2 Å². The first-order valence-electron chi connectivity index (χ1n) is 5.51. The lowest BCUT2D eigenvalue weighted by molar-refractivity contribution is -0.258. The molecule has 1 aromatic carbocycles. The van der Waals surface area contributed by atoms with Gasteiger partial charge in [-0.3, -0.25) is 4.90 Å². The quantitative estimate of drug-likeness (QED) is 0.893. The largest absolute Gasteiger partial charge is 0.465 e. The van der Waals surface area contributed by atoms with Gasteiger partial charge in [-0.2, -0.15) is 13.2 Å². The highest BCUT2D eigenvalue weighted by atomic mass is 19.4. The van der Waals surface area contributed by atoms with Gasteiger partial charge >= 0.3 is 12.3 Å². The molecule has 4 nitrogen and oxygen atoms in total. The Balaban J connectivity index is 3.10. The third-order valence-electron chi connectivity index (χ3n) is 2.84. The van der Waals surface area contributed by atoms with Crippen molar-refractivity contribution in [3.8, 4) is 0 Å². The van der Waals surface area contributed by atoms with Crippen molar-refractivity contribution in [2.24, 2.45) is 0 Å². The molecular weight excluding hydrogens is 263 g/mol. The molecule has 0 saturated heterocycles. The summed E-state index contributed by atoms with van der Waals surface area (Å²) in [5.74, 6) is 0. The molecule has 19 heavy (non-hydrogen) atoms. The van der Waals surface area contributed by atoms with Crippen LogP contribution in [0.1, 0.15) is 19.4 Å². The Hall–Kier alpha value is -1.76. The van der Waals surface area contributed by atoms with Crippen LogP contribution < -0.4 is 4.90 Å². The lowest BCUT2D eigenvalue weighted by Crippen LogP contribution is -2.39. The Morgan fingerprint density at radius 2 is 1.74 bits per heavy atom. The standard InChI is InChI=1S/C12H14F3NO3/c1-3-16(10(17)18)9-6-4-8(5-7-9)11(2,19)12(13,14)15/h4-7,19H,3H2,1-2H3,(H,17,18). The van der Waals surface area contributed by atoms with Crippen LogP contribution in [0.3, 0.4) is 0 Å². The van der Waals surface area contributed by atoms with Crippen LogP contribution in [-0.2, 0) is 5.60 Å². The summed E-state index contributed by atoms with van der Waals surface area (Å²) in [6.07, 6.45) is -6.00. The number of aliphatic hydroxyl groups is 1. The van der Waals surface area contributed by atoms with Gasteiger partial charge in [0.2, 0.25) is 0 Å². The molecule has 0 radical (unpaired) electrons. The summed E-state index contributed by atoms with van der Waals surface area (Å²) in [5, 5.41) is 18.3. The molecule has 0 heterocycles. The number of hydrogen-bond donors (Lipinski definition) is 2. The minimum atomic E-state index is -4.80. The van der Waals surface area contributed by atoms with Crippen molar-refractivity contribution in [3.05, 3.63) is 29.8 Å². The van der Waals surface area contributed by atoms with E-state index in [-0.39, 0.29) is 17.8 Å². The molecular formula is C12H14F3NO3. The van der Waals surface area contributed by atoms with Crippen LogP contribution >= 0.6 is 0 Å². The predicted molar refractivity (Wildman–Crippen MR) is 63.1 cm³/mol. The first-order valence-corrected chi connectivity index (χ1v) is 5.51. The monoisotopic (exact) mass is 277 g/mol. The Morgan fingerprint density at radius 1 is 1.26 bits per heavy atom. The van der Waals surface area contributed by atoms with E-state index in [0.717, 1.165) is 17.0 Å². The Morgan fingerprint density at radius 3 is 2.05 bits per heavy atom. The number of rotatable bonds is 3. The molecule has 7 heteroatoms. The fraction of sp³-hybridized carbons (Fsp3) is 0.417. The van der Waals surface area contributed by atoms with E-state index in [4.69, 9.17) is 5.11 Å². The van der Waals surface area contributed by atoms with Gasteiger partial charge in [-0.25, -0.2) is 4.79 Å². The van der Waals surface area contributed by atoms with E-state index in [9.17, 15) is 23.1 Å². The van der Waals surface area contributed by atoms with Crippen LogP contribution in [0.5, 0.6) is 0 Å². The molecule has 106 valence electrons. The van der Waals surface area contributed by atoms with Crippen molar-refractivity contribution >= 4 is 11.8 Å². The van der Waals surface area contributed by atoms with Crippen LogP contribution in [0.4, 0.5) is 23.7 Å². The summed E-state index contributed by atoms with van der Waals surface area (Å²) in [5.41, 5.74) is -3.06. The highest BCUT2D eigenvalue weighted by Gasteiger charge is 2.51. The molecule has 1 rings (SSSR count). The van der Waals surface area contributed by atoms with E-state index in [2.05, 4.69) is 0 Å². The smallest absolute Gasteiger partial charge is 0.421 e. The van der Waals surface area contributed by atoms with E-state index >= 15 is 0 Å². The lowest BCUT2D eigenvalue weighted by atomic mass is 9.95. The SMILES string of the molecule is CCN(C(=O)O)c1ccc(C(C)(O)C(F)(F)F)cc1. The molecule has 2 N–H and O–H groups in total. The molecule has 1 unspecified atom stereocenters. The van der Waals surface area contributed by atoms with Crippen molar-refractivity contribution in [1.82, 2.24) is 0 Å². The first kappa shape index (κ1) is 15.3. The van der Waals surface area contributed by atoms with Gasteiger partial charge in [0.1, 0.15) is 0 Å². The van der Waals surface area contributed by atoms with E-state index in [1.54, 1.807) is 6.92 Å². The minimum Gasteiger partial charge on any atom is -0.465 e. The number of halogens is 3. The van der Waals surface area contributed by atoms with E-state index in [1.165, 1.54) is 12.1 Å². The maximum absolute atomic E-state index is 12.6. The summed E-state index contributed by atoms with van der Waals surface area (Å²) in [7, 11) is 0. The zero-order valence-corrected chi connectivity index (χ0v) is 10.4. The lowest BCUT2D eigenvalue weighted by Gasteiger charge is -2.27. The summed E-state index contributed by atoms with van der Waals surface area (Å²) >= 11 is 0. The molecule has 0 aliphatic heterocycles. The predicted octanol–water partition coefficient (Wildman–Crippen LogP) is 2.96. The molecule has 0 aliphatic carbocycles. The molecule has 1 aromatic rings. The topological polar surface area (TPSA) is 60.8 Å². The molecule has 0 spiro atoms. The fourth-order valence-corrected chi connectivity index (χ4v) is 1.56. The zero-order valence-electron chi connectivity index (χ0n) is 10.4. The first-order chi connectivity index (χ1) is 8.61. The normalized spacial score (nSPS) is 14.8. The fourth-order valence-electron chi connectivity index (χ4n) is 1.56. The van der Waals surface area contributed by atoms with Gasteiger partial charge in [0.15, 0.2) is 5.60 Å². The number of anilines is 1. The van der Waals surface area contributed by atoms with Crippen LogP contribution in [0.2, 0.25) is 0 Å². The number of alkyl halides is 3. The van der Waals surface area contributed by atoms with Crippen LogP contribution in [0, 0.1) is 0 Å². The van der Waals surface area contributed by atoms with Crippen molar-refractivity contribution in [2.45, 2.75) is 25.6 Å². The second-order valence-electron chi connectivity index (χ2n) is 4.14. The van der Waals surface area contributed by atoms with E-state index < -0.39 is 17.9 Å². The molecule has 0 bridgehead atoms. The molecule has 0 aliphatic rings. The average Bonchev–Trinajstić information content (AvgIpc) is 2.28. The second kappa shape index (κ2) is 5.08. The van der Waals surface area contributed by atoms with Gasteiger partial charge in [0.25, 0.3) is 0 Å². The Kier molecular flexibility index (Phi) is 4.09. The van der Waals surface area contributed by atoms with Gasteiger partial charge in [0, 0.05) is 12.2 Å². The molecule has 0 saturated carbocycles. The molecule has 0 fully saturated rings. The minimum absolute atomic E-state index is 0.171. The van der Waals surface area contributed by atoms with E-state index in [1.807, 2.05) is 0 Å². The van der Waals surface area contributed by atoms with Crippen molar-refractivity contribution in [1.29, 1.82) is 0 Å². The van der Waals surface area contributed by atoms with Gasteiger partial charge in [0.05, 0.1) is 0 Å². The summed E-state index contributed by atoms with van der Waals surface area (Å²) in [6.45, 7) is 2.43. The third kappa shape index (κ3) is 2.98. The van der Waals surface area contributed by atoms with Crippen LogP contribution in [-0.4, -0.2) is 29.0 Å². The van der Waals surface area contributed by atoms with Crippen molar-refractivity contribution in [3.63, 3.8) is 0 Å². The van der Waals surface area contributed by atoms with Crippen molar-refractivity contribution < 1.29 is 28.2 Å². The highest BCUT2D eigenvalue weighted by Crippen LogP contribution is 2.38. The summed E-state index contributed by atoms with van der Waals surface area (Å²) in [4.78, 5) is 11.8. The third-order valence-corrected chi connectivity index (χ3v) is 2.84. The highest BCUT2D eigenvalue weighted by molar-refractivity contribution is 5.85. The summed E-state index contributed by atoms with van der Waals surface area (Å²) < 4.78 is 37.9. The number of nitrogens with zero attached hydrogens (tertiary/aromatic N) is 1. The molecule has 0 aromatic heterocycles.